The molecule has 0 bridgehead atoms. The Bertz CT molecular complexity index is 1030. The first-order valence-electron chi connectivity index (χ1n) is 7.93. The summed E-state index contributed by atoms with van der Waals surface area (Å²) in [5, 5.41) is 2.62. The summed E-state index contributed by atoms with van der Waals surface area (Å²) in [7, 11) is 0. The first kappa shape index (κ1) is 17.2. The third-order valence-electron chi connectivity index (χ3n) is 3.86. The number of amides is 1. The Morgan fingerprint density at radius 2 is 2.15 bits per heavy atom. The minimum Gasteiger partial charge on any atom is -0.279 e. The van der Waals surface area contributed by atoms with Gasteiger partial charge in [-0.25, -0.2) is 4.98 Å². The molecule has 26 heavy (non-hydrogen) atoms. The summed E-state index contributed by atoms with van der Waals surface area (Å²) < 4.78 is 1.09. The molecule has 130 valence electrons. The van der Waals surface area contributed by atoms with Crippen molar-refractivity contribution in [2.24, 2.45) is 0 Å². The van der Waals surface area contributed by atoms with Gasteiger partial charge in [0.05, 0.1) is 21.6 Å². The molecule has 7 heteroatoms. The Balaban J connectivity index is 1.75. The summed E-state index contributed by atoms with van der Waals surface area (Å²) in [6, 6.07) is 13.8. The van der Waals surface area contributed by atoms with Crippen LogP contribution in [0.5, 0.6) is 0 Å². The summed E-state index contributed by atoms with van der Waals surface area (Å²) in [5.41, 5.74) is 1.89. The number of thioether (sulfide) groups is 1. The topological polar surface area (TPSA) is 46.1 Å². The minimum absolute atomic E-state index is 0.0343. The van der Waals surface area contributed by atoms with Crippen molar-refractivity contribution in [3.8, 4) is 0 Å². The zero-order valence-corrected chi connectivity index (χ0v) is 16.4. The molecule has 0 saturated carbocycles. The third kappa shape index (κ3) is 3.51. The monoisotopic (exact) mass is 397 g/mol. The highest BCUT2D eigenvalue weighted by Gasteiger charge is 2.22. The van der Waals surface area contributed by atoms with Crippen molar-refractivity contribution in [3.63, 3.8) is 0 Å². The van der Waals surface area contributed by atoms with E-state index >= 15 is 0 Å². The van der Waals surface area contributed by atoms with E-state index in [0.717, 1.165) is 15.8 Å². The number of hydrogen-bond acceptors (Lipinski definition) is 6. The smallest absolute Gasteiger partial charge is 0.270 e. The van der Waals surface area contributed by atoms with Crippen LogP contribution in [0, 0.1) is 0 Å². The van der Waals surface area contributed by atoms with Gasteiger partial charge in [-0.05, 0) is 47.5 Å². The Hall–Kier alpha value is -2.22. The maximum absolute atomic E-state index is 13.1. The van der Waals surface area contributed by atoms with Crippen molar-refractivity contribution in [1.82, 2.24) is 9.97 Å². The fourth-order valence-electron chi connectivity index (χ4n) is 2.57. The maximum Gasteiger partial charge on any atom is 0.270 e. The zero-order valence-electron chi connectivity index (χ0n) is 14.0. The van der Waals surface area contributed by atoms with Gasteiger partial charge in [0.1, 0.15) is 0 Å². The van der Waals surface area contributed by atoms with E-state index in [4.69, 9.17) is 4.98 Å². The normalized spacial score (nSPS) is 11.0. The second-order valence-corrected chi connectivity index (χ2v) is 8.40. The van der Waals surface area contributed by atoms with Crippen LogP contribution in [0.25, 0.3) is 10.2 Å². The number of anilines is 1. The Kier molecular flexibility index (Phi) is 5.01. The second kappa shape index (κ2) is 7.57. The SMILES string of the molecule is CSc1ccc2nc(N(Cc3cccnc3)C(=O)c3cccs3)sc2c1. The number of hydrogen-bond donors (Lipinski definition) is 0. The van der Waals surface area contributed by atoms with Crippen LogP contribution < -0.4 is 4.90 Å². The van der Waals surface area contributed by atoms with Crippen LogP contribution in [-0.2, 0) is 6.54 Å². The number of aromatic nitrogens is 2. The zero-order chi connectivity index (χ0) is 17.9. The lowest BCUT2D eigenvalue weighted by molar-refractivity contribution is 0.0989. The average molecular weight is 398 g/mol. The number of nitrogens with zero attached hydrogens (tertiary/aromatic N) is 3. The molecule has 4 aromatic rings. The highest BCUT2D eigenvalue weighted by atomic mass is 32.2. The first-order chi connectivity index (χ1) is 12.7. The number of carbonyl (C=O) groups excluding carboxylic acids is 1. The van der Waals surface area contributed by atoms with Gasteiger partial charge in [0.15, 0.2) is 5.13 Å². The van der Waals surface area contributed by atoms with Crippen LogP contribution in [0.1, 0.15) is 15.2 Å². The number of thiazole rings is 1. The van der Waals surface area contributed by atoms with Gasteiger partial charge < -0.3 is 0 Å². The van der Waals surface area contributed by atoms with Crippen LogP contribution in [0.2, 0.25) is 0 Å². The standard InChI is InChI=1S/C19H15N3OS3/c1-24-14-6-7-15-17(10-14)26-19(21-15)22(12-13-4-2-8-20-11-13)18(23)16-5-3-9-25-16/h2-11H,12H2,1H3. The molecule has 0 aliphatic carbocycles. The molecule has 4 rings (SSSR count). The fourth-order valence-corrected chi connectivity index (χ4v) is 4.76. The van der Waals surface area contributed by atoms with Gasteiger partial charge in [-0.3, -0.25) is 14.7 Å². The number of rotatable bonds is 5. The van der Waals surface area contributed by atoms with Crippen molar-refractivity contribution in [2.75, 3.05) is 11.2 Å². The summed E-state index contributed by atoms with van der Waals surface area (Å²) >= 11 is 4.69. The molecule has 0 radical (unpaired) electrons. The number of pyridine rings is 1. The number of carbonyl (C=O) groups is 1. The Labute approximate surface area is 163 Å². The van der Waals surface area contributed by atoms with Gasteiger partial charge in [-0.15, -0.1) is 23.1 Å². The third-order valence-corrected chi connectivity index (χ3v) is 6.48. The number of fused-ring (bicyclic) bond motifs is 1. The molecule has 3 heterocycles. The molecular formula is C19H15N3OS3. The maximum atomic E-state index is 13.1. The number of thiophene rings is 1. The fraction of sp³-hybridized carbons (Fsp3) is 0.105. The van der Waals surface area contributed by atoms with Gasteiger partial charge >= 0.3 is 0 Å². The lowest BCUT2D eigenvalue weighted by atomic mass is 10.2. The van der Waals surface area contributed by atoms with Gasteiger partial charge in [-0.2, -0.15) is 0 Å². The van der Waals surface area contributed by atoms with Crippen molar-refractivity contribution >= 4 is 55.7 Å². The van der Waals surface area contributed by atoms with Crippen molar-refractivity contribution in [2.45, 2.75) is 11.4 Å². The predicted octanol–water partition coefficient (Wildman–Crippen LogP) is 5.32. The molecule has 4 nitrogen and oxygen atoms in total. The summed E-state index contributed by atoms with van der Waals surface area (Å²) in [6.07, 6.45) is 5.57. The van der Waals surface area contributed by atoms with Gasteiger partial charge in [0.25, 0.3) is 5.91 Å². The van der Waals surface area contributed by atoms with E-state index in [2.05, 4.69) is 23.4 Å². The van der Waals surface area contributed by atoms with Crippen LogP contribution >= 0.6 is 34.4 Å². The summed E-state index contributed by atoms with van der Waals surface area (Å²) in [5.74, 6) is -0.0343. The van der Waals surface area contributed by atoms with E-state index < -0.39 is 0 Å². The highest BCUT2D eigenvalue weighted by Crippen LogP contribution is 2.33. The molecule has 0 atom stereocenters. The van der Waals surface area contributed by atoms with E-state index in [1.165, 1.54) is 16.2 Å². The molecule has 0 N–H and O–H groups in total. The minimum atomic E-state index is -0.0343. The quantitative estimate of drug-likeness (QED) is 0.428. The van der Waals surface area contributed by atoms with Gasteiger partial charge in [0.2, 0.25) is 0 Å². The molecule has 0 aliphatic heterocycles. The van der Waals surface area contributed by atoms with Crippen molar-refractivity contribution < 1.29 is 4.79 Å². The molecule has 1 aromatic carbocycles. The Morgan fingerprint density at radius 1 is 1.23 bits per heavy atom. The van der Waals surface area contributed by atoms with Crippen LogP contribution in [-0.4, -0.2) is 22.1 Å². The molecule has 3 aromatic heterocycles. The first-order valence-corrected chi connectivity index (χ1v) is 10.9. The average Bonchev–Trinajstić information content (AvgIpc) is 3.35. The number of benzene rings is 1. The highest BCUT2D eigenvalue weighted by molar-refractivity contribution is 7.98. The molecule has 0 aliphatic rings. The van der Waals surface area contributed by atoms with Crippen LogP contribution in [0.3, 0.4) is 0 Å². The van der Waals surface area contributed by atoms with Crippen molar-refractivity contribution in [3.05, 3.63) is 70.7 Å². The molecular weight excluding hydrogens is 382 g/mol. The van der Waals surface area contributed by atoms with Gasteiger partial charge in [-0.1, -0.05) is 23.5 Å². The lowest BCUT2D eigenvalue weighted by Gasteiger charge is -2.19. The second-order valence-electron chi connectivity index (χ2n) is 5.56. The van der Waals surface area contributed by atoms with E-state index in [0.29, 0.717) is 16.6 Å². The van der Waals surface area contributed by atoms with E-state index in [1.807, 2.05) is 35.7 Å². The molecule has 0 unspecified atom stereocenters. The summed E-state index contributed by atoms with van der Waals surface area (Å²) in [6.45, 7) is 0.444. The molecule has 0 saturated heterocycles. The molecule has 0 spiro atoms. The van der Waals surface area contributed by atoms with Crippen molar-refractivity contribution in [1.29, 1.82) is 0 Å². The lowest BCUT2D eigenvalue weighted by Crippen LogP contribution is -2.29. The van der Waals surface area contributed by atoms with E-state index in [9.17, 15) is 4.79 Å². The van der Waals surface area contributed by atoms with E-state index in [-0.39, 0.29) is 5.91 Å². The summed E-state index contributed by atoms with van der Waals surface area (Å²) in [4.78, 5) is 25.6. The van der Waals surface area contributed by atoms with Crippen LogP contribution in [0.4, 0.5) is 5.13 Å². The van der Waals surface area contributed by atoms with Gasteiger partial charge in [0, 0.05) is 17.3 Å². The predicted molar refractivity (Wildman–Crippen MR) is 110 cm³/mol. The van der Waals surface area contributed by atoms with Crippen LogP contribution in [0.15, 0.2) is 65.1 Å². The molecule has 0 fully saturated rings. The molecule has 1 amide bonds. The Morgan fingerprint density at radius 3 is 2.88 bits per heavy atom. The largest absolute Gasteiger partial charge is 0.279 e. The van der Waals surface area contributed by atoms with E-state index in [1.54, 1.807) is 40.4 Å².